The number of aromatic nitrogens is 1. The molecule has 1 aromatic heterocycles. The number of carbonyl (C=O) groups is 1. The average molecular weight is 442 g/mol. The second-order valence-electron chi connectivity index (χ2n) is 7.32. The van der Waals surface area contributed by atoms with Crippen LogP contribution in [-0.2, 0) is 14.6 Å². The number of hydrogen-bond donors (Lipinski definition) is 2. The van der Waals surface area contributed by atoms with Crippen molar-refractivity contribution in [2.75, 3.05) is 12.9 Å². The molecule has 30 heavy (non-hydrogen) atoms. The van der Waals surface area contributed by atoms with Crippen molar-refractivity contribution in [2.24, 2.45) is 0 Å². The van der Waals surface area contributed by atoms with E-state index in [9.17, 15) is 31.5 Å². The van der Waals surface area contributed by atoms with Crippen LogP contribution in [0.1, 0.15) is 29.7 Å². The molecule has 3 rings (SSSR count). The Kier molecular flexibility index (Phi) is 6.47. The van der Waals surface area contributed by atoms with Crippen LogP contribution in [0.5, 0.6) is 0 Å². The van der Waals surface area contributed by atoms with Gasteiger partial charge in [-0.25, -0.2) is 12.8 Å². The van der Waals surface area contributed by atoms with E-state index in [0.29, 0.717) is 12.1 Å². The Bertz CT molecular complexity index is 998. The van der Waals surface area contributed by atoms with Crippen molar-refractivity contribution in [3.63, 3.8) is 0 Å². The molecule has 4 atom stereocenters. The maximum Gasteiger partial charge on any atom is 0.315 e. The molecule has 6 nitrogen and oxygen atoms in total. The second-order valence-corrected chi connectivity index (χ2v) is 9.58. The zero-order chi connectivity index (χ0) is 22.1. The number of carbonyl (C=O) groups excluding carboxylic acids is 1. The van der Waals surface area contributed by atoms with Gasteiger partial charge < -0.3 is 10.4 Å². The molecule has 1 fully saturated rings. The maximum atomic E-state index is 13.1. The summed E-state index contributed by atoms with van der Waals surface area (Å²) in [6.45, 7) is -1.21. The number of rotatable bonds is 8. The molecular weight excluding hydrogens is 421 g/mol. The van der Waals surface area contributed by atoms with Gasteiger partial charge in [-0.3, -0.25) is 9.78 Å². The number of sulfone groups is 1. The van der Waals surface area contributed by atoms with Crippen LogP contribution in [0, 0.1) is 0 Å². The Morgan fingerprint density at radius 1 is 1.20 bits per heavy atom. The van der Waals surface area contributed by atoms with Crippen LogP contribution in [0.4, 0.5) is 13.2 Å². The molecule has 1 aliphatic carbocycles. The second kappa shape index (κ2) is 8.73. The van der Waals surface area contributed by atoms with Crippen molar-refractivity contribution in [3.8, 4) is 11.1 Å². The summed E-state index contributed by atoms with van der Waals surface area (Å²) in [6, 6.07) is 8.40. The molecular formula is C20H21F3N2O4S. The first-order valence-corrected chi connectivity index (χ1v) is 11.1. The molecule has 1 aromatic carbocycles. The highest BCUT2D eigenvalue weighted by Crippen LogP contribution is 2.44. The van der Waals surface area contributed by atoms with E-state index in [1.54, 1.807) is 35.8 Å². The van der Waals surface area contributed by atoms with Crippen LogP contribution in [0.2, 0.25) is 0 Å². The molecule has 0 radical (unpaired) electrons. The van der Waals surface area contributed by atoms with Crippen molar-refractivity contribution in [2.45, 2.75) is 36.2 Å². The van der Waals surface area contributed by atoms with Gasteiger partial charge in [-0.15, -0.1) is 0 Å². The van der Waals surface area contributed by atoms with Gasteiger partial charge in [0.1, 0.15) is 12.8 Å². The highest BCUT2D eigenvalue weighted by atomic mass is 32.2. The summed E-state index contributed by atoms with van der Waals surface area (Å²) in [7, 11) is -3.08. The fourth-order valence-electron chi connectivity index (χ4n) is 3.30. The number of amides is 1. The first-order valence-electron chi connectivity index (χ1n) is 9.19. The van der Waals surface area contributed by atoms with Crippen LogP contribution < -0.4 is 5.32 Å². The van der Waals surface area contributed by atoms with Gasteiger partial charge in [0.2, 0.25) is 0 Å². The summed E-state index contributed by atoms with van der Waals surface area (Å²) >= 11 is 0. The van der Waals surface area contributed by atoms with E-state index in [2.05, 4.69) is 4.98 Å². The standard InChI is InChI=1S/C20H21F3N2O4S/c1-30(28,29)17-8-14(17)15-7-6-13(10-24-15)11-2-4-12(5-3-11)18(26)16(9-21)25-20(27)19(22)23/h2-7,10,14,16-19,26H,8-9H2,1H3,(H,25,27). The topological polar surface area (TPSA) is 96.4 Å². The third-order valence-corrected chi connectivity index (χ3v) is 6.73. The lowest BCUT2D eigenvalue weighted by molar-refractivity contribution is -0.133. The quantitative estimate of drug-likeness (QED) is 0.655. The predicted molar refractivity (Wildman–Crippen MR) is 105 cm³/mol. The molecule has 10 heteroatoms. The molecule has 1 aliphatic rings. The average Bonchev–Trinajstić information content (AvgIpc) is 3.53. The minimum atomic E-state index is -3.30. The Labute approximate surface area is 172 Å². The number of pyridine rings is 1. The predicted octanol–water partition coefficient (Wildman–Crippen LogP) is 2.40. The normalized spacial score (nSPS) is 20.6. The summed E-state index contributed by atoms with van der Waals surface area (Å²) in [5.74, 6) is -1.74. The smallest absolute Gasteiger partial charge is 0.315 e. The summed E-state index contributed by atoms with van der Waals surface area (Å²) in [5.41, 5.74) is 2.47. The van der Waals surface area contributed by atoms with E-state index in [1.807, 2.05) is 0 Å². The summed E-state index contributed by atoms with van der Waals surface area (Å²) in [5, 5.41) is 11.6. The van der Waals surface area contributed by atoms with E-state index >= 15 is 0 Å². The summed E-state index contributed by atoms with van der Waals surface area (Å²) in [4.78, 5) is 15.4. The van der Waals surface area contributed by atoms with Crippen molar-refractivity contribution in [1.29, 1.82) is 0 Å². The summed E-state index contributed by atoms with van der Waals surface area (Å²) < 4.78 is 61.0. The fraction of sp³-hybridized carbons (Fsp3) is 0.400. The molecule has 0 aliphatic heterocycles. The lowest BCUT2D eigenvalue weighted by Crippen LogP contribution is -2.43. The Morgan fingerprint density at radius 2 is 1.83 bits per heavy atom. The minimum Gasteiger partial charge on any atom is -0.386 e. The van der Waals surface area contributed by atoms with E-state index in [-0.39, 0.29) is 16.7 Å². The van der Waals surface area contributed by atoms with Gasteiger partial charge in [-0.2, -0.15) is 8.78 Å². The number of nitrogens with one attached hydrogen (secondary N) is 1. The van der Waals surface area contributed by atoms with Gasteiger partial charge in [0.05, 0.1) is 11.3 Å². The first kappa shape index (κ1) is 22.2. The number of hydrogen-bond acceptors (Lipinski definition) is 5. The zero-order valence-electron chi connectivity index (χ0n) is 16.0. The van der Waals surface area contributed by atoms with E-state index in [4.69, 9.17) is 0 Å². The number of alkyl halides is 3. The maximum absolute atomic E-state index is 13.1. The van der Waals surface area contributed by atoms with Gasteiger partial charge in [-0.1, -0.05) is 30.3 Å². The van der Waals surface area contributed by atoms with Gasteiger partial charge in [0.25, 0.3) is 5.91 Å². The largest absolute Gasteiger partial charge is 0.386 e. The molecule has 162 valence electrons. The number of nitrogens with zero attached hydrogens (tertiary/aromatic N) is 1. The van der Waals surface area contributed by atoms with Crippen LogP contribution in [0.15, 0.2) is 42.6 Å². The van der Waals surface area contributed by atoms with Gasteiger partial charge >= 0.3 is 6.43 Å². The Hall–Kier alpha value is -2.46. The number of aliphatic hydroxyl groups is 1. The van der Waals surface area contributed by atoms with E-state index in [1.165, 1.54) is 18.4 Å². The monoisotopic (exact) mass is 442 g/mol. The highest BCUT2D eigenvalue weighted by Gasteiger charge is 2.46. The highest BCUT2D eigenvalue weighted by molar-refractivity contribution is 7.91. The molecule has 1 amide bonds. The molecule has 1 heterocycles. The fourth-order valence-corrected chi connectivity index (χ4v) is 4.60. The van der Waals surface area contributed by atoms with Gasteiger partial charge in [-0.05, 0) is 23.6 Å². The van der Waals surface area contributed by atoms with Crippen molar-refractivity contribution in [3.05, 3.63) is 53.9 Å². The third kappa shape index (κ3) is 4.99. The van der Waals surface area contributed by atoms with Gasteiger partial charge in [0.15, 0.2) is 9.84 Å². The number of halogens is 3. The SMILES string of the molecule is CS(=O)(=O)C1CC1c1ccc(-c2ccc(C(O)C(CF)NC(=O)C(F)F)cc2)cn1. The van der Waals surface area contributed by atoms with Crippen molar-refractivity contribution in [1.82, 2.24) is 10.3 Å². The van der Waals surface area contributed by atoms with Crippen LogP contribution >= 0.6 is 0 Å². The molecule has 1 saturated carbocycles. The Balaban J connectivity index is 1.69. The Morgan fingerprint density at radius 3 is 2.30 bits per heavy atom. The molecule has 0 spiro atoms. The first-order chi connectivity index (χ1) is 14.1. The van der Waals surface area contributed by atoms with Crippen LogP contribution in [0.25, 0.3) is 11.1 Å². The zero-order valence-corrected chi connectivity index (χ0v) is 16.8. The van der Waals surface area contributed by atoms with Crippen molar-refractivity contribution < 1.29 is 31.5 Å². The molecule has 4 unspecified atom stereocenters. The minimum absolute atomic E-state index is 0.0901. The number of benzene rings is 1. The molecule has 0 saturated heterocycles. The molecule has 0 bridgehead atoms. The van der Waals surface area contributed by atoms with Crippen LogP contribution in [-0.4, -0.2) is 55.1 Å². The van der Waals surface area contributed by atoms with Crippen LogP contribution in [0.3, 0.4) is 0 Å². The van der Waals surface area contributed by atoms with Gasteiger partial charge in [0, 0.05) is 29.6 Å². The van der Waals surface area contributed by atoms with Crippen molar-refractivity contribution >= 4 is 15.7 Å². The number of aliphatic hydroxyl groups excluding tert-OH is 1. The lowest BCUT2D eigenvalue weighted by atomic mass is 9.99. The lowest BCUT2D eigenvalue weighted by Gasteiger charge is -2.22. The third-order valence-electron chi connectivity index (χ3n) is 5.11. The van der Waals surface area contributed by atoms with E-state index in [0.717, 1.165) is 11.1 Å². The summed E-state index contributed by atoms with van der Waals surface area (Å²) in [6.07, 6.45) is -1.39. The van der Waals surface area contributed by atoms with E-state index < -0.39 is 41.0 Å². The molecule has 2 N–H and O–H groups in total. The molecule has 2 aromatic rings.